The molecule has 0 N–H and O–H groups in total. The maximum Gasteiger partial charge on any atom is 0.155 e. The molecule has 0 atom stereocenters. The molecule has 0 aromatic carbocycles. The average molecular weight is 242 g/mol. The zero-order valence-electron chi connectivity index (χ0n) is 7.59. The summed E-state index contributed by atoms with van der Waals surface area (Å²) >= 11 is 3.48. The number of ether oxygens (including phenoxy) is 1. The molecule has 1 heterocycles. The van der Waals surface area contributed by atoms with Gasteiger partial charge in [-0.25, -0.2) is 0 Å². The summed E-state index contributed by atoms with van der Waals surface area (Å²) < 4.78 is 6.79. The van der Waals surface area contributed by atoms with Crippen LogP contribution in [-0.2, 0) is 6.42 Å². The van der Waals surface area contributed by atoms with Crippen LogP contribution < -0.4 is 4.74 Å². The average Bonchev–Trinajstić information content (AvgIpc) is 2.92. The zero-order valence-corrected chi connectivity index (χ0v) is 9.17. The Kier molecular flexibility index (Phi) is 2.54. The summed E-state index contributed by atoms with van der Waals surface area (Å²) in [5, 5.41) is 0. The number of hydrogen-bond acceptors (Lipinski definition) is 2. The lowest BCUT2D eigenvalue weighted by atomic mass is 10.3. The first kappa shape index (κ1) is 9.00. The maximum absolute atomic E-state index is 5.77. The third-order valence-electron chi connectivity index (χ3n) is 2.07. The predicted molar refractivity (Wildman–Crippen MR) is 55.0 cm³/mol. The van der Waals surface area contributed by atoms with Gasteiger partial charge in [-0.3, -0.25) is 4.98 Å². The molecule has 1 aromatic heterocycles. The van der Waals surface area contributed by atoms with Crippen molar-refractivity contribution in [3.63, 3.8) is 0 Å². The molecule has 1 aromatic rings. The standard InChI is InChI=1S/C10H12BrNO/c1-2-9-10(13-7-3-4-7)8(11)5-6-12-9/h5-7H,2-4H2,1H3. The Morgan fingerprint density at radius 1 is 1.62 bits per heavy atom. The lowest BCUT2D eigenvalue weighted by Crippen LogP contribution is -2.01. The predicted octanol–water partition coefficient (Wildman–Crippen LogP) is 2.95. The summed E-state index contributed by atoms with van der Waals surface area (Å²) in [6.07, 6.45) is 5.53. The molecule has 2 nitrogen and oxygen atoms in total. The highest BCUT2D eigenvalue weighted by atomic mass is 79.9. The fourth-order valence-electron chi connectivity index (χ4n) is 1.19. The van der Waals surface area contributed by atoms with E-state index in [1.165, 1.54) is 12.8 Å². The summed E-state index contributed by atoms with van der Waals surface area (Å²) in [7, 11) is 0. The topological polar surface area (TPSA) is 22.1 Å². The largest absolute Gasteiger partial charge is 0.487 e. The van der Waals surface area contributed by atoms with Crippen molar-refractivity contribution in [3.8, 4) is 5.75 Å². The second kappa shape index (κ2) is 3.66. The zero-order chi connectivity index (χ0) is 9.26. The van der Waals surface area contributed by atoms with Gasteiger partial charge < -0.3 is 4.74 Å². The minimum Gasteiger partial charge on any atom is -0.487 e. The molecule has 1 aliphatic carbocycles. The number of pyridine rings is 1. The molecular formula is C10H12BrNO. The first-order chi connectivity index (χ1) is 6.31. The van der Waals surface area contributed by atoms with Crippen molar-refractivity contribution in [3.05, 3.63) is 22.4 Å². The van der Waals surface area contributed by atoms with Gasteiger partial charge >= 0.3 is 0 Å². The molecule has 0 saturated heterocycles. The summed E-state index contributed by atoms with van der Waals surface area (Å²) in [5.74, 6) is 0.938. The Labute approximate surface area is 86.5 Å². The summed E-state index contributed by atoms with van der Waals surface area (Å²) in [4.78, 5) is 4.28. The van der Waals surface area contributed by atoms with Gasteiger partial charge in [-0.05, 0) is 41.3 Å². The van der Waals surface area contributed by atoms with Crippen LogP contribution in [0.2, 0.25) is 0 Å². The summed E-state index contributed by atoms with van der Waals surface area (Å²) in [5.41, 5.74) is 1.04. The third-order valence-corrected chi connectivity index (χ3v) is 2.70. The number of aromatic nitrogens is 1. The van der Waals surface area contributed by atoms with Crippen LogP contribution in [0, 0.1) is 0 Å². The number of aryl methyl sites for hydroxylation is 1. The Balaban J connectivity index is 2.27. The molecule has 0 spiro atoms. The van der Waals surface area contributed by atoms with E-state index in [2.05, 4.69) is 27.8 Å². The van der Waals surface area contributed by atoms with Gasteiger partial charge in [0.2, 0.25) is 0 Å². The van der Waals surface area contributed by atoms with E-state index in [9.17, 15) is 0 Å². The van der Waals surface area contributed by atoms with E-state index in [4.69, 9.17) is 4.74 Å². The molecule has 1 aliphatic rings. The smallest absolute Gasteiger partial charge is 0.155 e. The Morgan fingerprint density at radius 3 is 3.00 bits per heavy atom. The minimum atomic E-state index is 0.436. The molecule has 2 rings (SSSR count). The van der Waals surface area contributed by atoms with E-state index < -0.39 is 0 Å². The van der Waals surface area contributed by atoms with Crippen molar-refractivity contribution < 1.29 is 4.74 Å². The van der Waals surface area contributed by atoms with Crippen LogP contribution in [0.3, 0.4) is 0 Å². The summed E-state index contributed by atoms with van der Waals surface area (Å²) in [6.45, 7) is 2.09. The van der Waals surface area contributed by atoms with Gasteiger partial charge in [-0.2, -0.15) is 0 Å². The minimum absolute atomic E-state index is 0.436. The van der Waals surface area contributed by atoms with Crippen molar-refractivity contribution in [2.24, 2.45) is 0 Å². The Morgan fingerprint density at radius 2 is 2.38 bits per heavy atom. The number of hydrogen-bond donors (Lipinski definition) is 0. The quantitative estimate of drug-likeness (QED) is 0.812. The molecule has 0 unspecified atom stereocenters. The second-order valence-corrected chi connectivity index (χ2v) is 4.09. The highest BCUT2D eigenvalue weighted by Crippen LogP contribution is 2.33. The van der Waals surface area contributed by atoms with E-state index in [0.717, 1.165) is 22.3 Å². The fourth-order valence-corrected chi connectivity index (χ4v) is 1.63. The Bertz CT molecular complexity index is 310. The maximum atomic E-state index is 5.77. The fraction of sp³-hybridized carbons (Fsp3) is 0.500. The Hall–Kier alpha value is -0.570. The van der Waals surface area contributed by atoms with E-state index in [-0.39, 0.29) is 0 Å². The third kappa shape index (κ3) is 2.02. The highest BCUT2D eigenvalue weighted by molar-refractivity contribution is 9.10. The van der Waals surface area contributed by atoms with E-state index in [1.807, 2.05) is 12.3 Å². The number of rotatable bonds is 3. The van der Waals surface area contributed by atoms with Crippen molar-refractivity contribution >= 4 is 15.9 Å². The molecule has 0 bridgehead atoms. The van der Waals surface area contributed by atoms with E-state index in [0.29, 0.717) is 6.10 Å². The van der Waals surface area contributed by atoms with Crippen molar-refractivity contribution in [1.29, 1.82) is 0 Å². The first-order valence-electron chi connectivity index (χ1n) is 4.61. The van der Waals surface area contributed by atoms with Gasteiger partial charge in [0.15, 0.2) is 5.75 Å². The first-order valence-corrected chi connectivity index (χ1v) is 5.40. The van der Waals surface area contributed by atoms with Crippen molar-refractivity contribution in [2.45, 2.75) is 32.3 Å². The molecule has 0 amide bonds. The molecular weight excluding hydrogens is 230 g/mol. The monoisotopic (exact) mass is 241 g/mol. The van der Waals surface area contributed by atoms with Crippen LogP contribution in [0.15, 0.2) is 16.7 Å². The van der Waals surface area contributed by atoms with Gasteiger partial charge in [-0.15, -0.1) is 0 Å². The van der Waals surface area contributed by atoms with E-state index >= 15 is 0 Å². The van der Waals surface area contributed by atoms with Gasteiger partial charge in [0.25, 0.3) is 0 Å². The van der Waals surface area contributed by atoms with Crippen molar-refractivity contribution in [2.75, 3.05) is 0 Å². The van der Waals surface area contributed by atoms with Gasteiger partial charge in [-0.1, -0.05) is 6.92 Å². The number of nitrogens with zero attached hydrogens (tertiary/aromatic N) is 1. The molecule has 3 heteroatoms. The lowest BCUT2D eigenvalue weighted by molar-refractivity contribution is 0.296. The van der Waals surface area contributed by atoms with Crippen LogP contribution >= 0.6 is 15.9 Å². The molecule has 1 fully saturated rings. The van der Waals surface area contributed by atoms with Crippen molar-refractivity contribution in [1.82, 2.24) is 4.98 Å². The van der Waals surface area contributed by atoms with Gasteiger partial charge in [0.05, 0.1) is 16.3 Å². The second-order valence-electron chi connectivity index (χ2n) is 3.24. The normalized spacial score (nSPS) is 15.8. The van der Waals surface area contributed by atoms with Crippen LogP contribution in [0.5, 0.6) is 5.75 Å². The molecule has 70 valence electrons. The van der Waals surface area contributed by atoms with E-state index in [1.54, 1.807) is 0 Å². The summed E-state index contributed by atoms with van der Waals surface area (Å²) in [6, 6.07) is 1.93. The molecule has 0 aliphatic heterocycles. The van der Waals surface area contributed by atoms with Gasteiger partial charge in [0, 0.05) is 6.20 Å². The molecule has 13 heavy (non-hydrogen) atoms. The van der Waals surface area contributed by atoms with Crippen LogP contribution in [0.4, 0.5) is 0 Å². The van der Waals surface area contributed by atoms with Crippen LogP contribution in [0.1, 0.15) is 25.5 Å². The van der Waals surface area contributed by atoms with Gasteiger partial charge in [0.1, 0.15) is 0 Å². The molecule has 0 radical (unpaired) electrons. The molecule has 1 saturated carbocycles. The highest BCUT2D eigenvalue weighted by Gasteiger charge is 2.25. The lowest BCUT2D eigenvalue weighted by Gasteiger charge is -2.09. The van der Waals surface area contributed by atoms with Crippen LogP contribution in [0.25, 0.3) is 0 Å². The van der Waals surface area contributed by atoms with Crippen LogP contribution in [-0.4, -0.2) is 11.1 Å². The number of halogens is 1. The SMILES string of the molecule is CCc1nccc(Br)c1OC1CC1.